The summed E-state index contributed by atoms with van der Waals surface area (Å²) < 4.78 is 1.76. The number of urea groups is 1. The Morgan fingerprint density at radius 3 is 2.90 bits per heavy atom. The number of aryl methyl sites for hydroxylation is 1. The second kappa shape index (κ2) is 7.42. The van der Waals surface area contributed by atoms with E-state index >= 15 is 0 Å². The number of nitrogens with zero attached hydrogens (tertiary/aromatic N) is 4. The lowest BCUT2D eigenvalue weighted by molar-refractivity contribution is 0.209. The van der Waals surface area contributed by atoms with E-state index in [1.807, 2.05) is 37.6 Å². The molecular formula is C15H21N5O. The average molecular weight is 287 g/mol. The van der Waals surface area contributed by atoms with E-state index in [1.165, 1.54) is 0 Å². The molecule has 2 rings (SSSR count). The van der Waals surface area contributed by atoms with Gasteiger partial charge < -0.3 is 10.2 Å². The number of pyridine rings is 1. The third-order valence-electron chi connectivity index (χ3n) is 3.22. The van der Waals surface area contributed by atoms with Crippen molar-refractivity contribution >= 4 is 6.03 Å². The Bertz CT molecular complexity index is 566. The van der Waals surface area contributed by atoms with Crippen LogP contribution in [0, 0.1) is 0 Å². The minimum atomic E-state index is -0.0604. The Morgan fingerprint density at radius 1 is 1.38 bits per heavy atom. The van der Waals surface area contributed by atoms with Crippen molar-refractivity contribution in [3.8, 4) is 0 Å². The van der Waals surface area contributed by atoms with Crippen molar-refractivity contribution in [3.05, 3.63) is 48.0 Å². The van der Waals surface area contributed by atoms with Gasteiger partial charge in [-0.2, -0.15) is 5.10 Å². The van der Waals surface area contributed by atoms with Crippen molar-refractivity contribution in [2.45, 2.75) is 12.8 Å². The van der Waals surface area contributed by atoms with E-state index in [0.29, 0.717) is 13.1 Å². The fraction of sp³-hybridized carbons (Fsp3) is 0.400. The minimum absolute atomic E-state index is 0.0604. The Kier molecular flexibility index (Phi) is 5.31. The molecule has 2 amide bonds. The molecule has 0 saturated carbocycles. The topological polar surface area (TPSA) is 63.1 Å². The molecule has 0 aliphatic rings. The number of carbonyl (C=O) groups excluding carboxylic acids is 1. The molecule has 0 saturated heterocycles. The molecule has 2 heterocycles. The number of aromatic nitrogens is 3. The Balaban J connectivity index is 1.67. The van der Waals surface area contributed by atoms with Crippen LogP contribution in [0.5, 0.6) is 0 Å². The summed E-state index contributed by atoms with van der Waals surface area (Å²) >= 11 is 0. The number of likely N-dealkylation sites (N-methyl/N-ethyl adjacent to an activating group) is 1. The monoisotopic (exact) mass is 287 g/mol. The van der Waals surface area contributed by atoms with Gasteiger partial charge in [0.2, 0.25) is 0 Å². The molecule has 21 heavy (non-hydrogen) atoms. The molecule has 0 spiro atoms. The van der Waals surface area contributed by atoms with Crippen LogP contribution in [0.15, 0.2) is 36.8 Å². The molecule has 6 nitrogen and oxygen atoms in total. The molecule has 2 aromatic heterocycles. The van der Waals surface area contributed by atoms with Gasteiger partial charge in [0, 0.05) is 51.7 Å². The molecule has 0 fully saturated rings. The zero-order valence-electron chi connectivity index (χ0n) is 12.5. The van der Waals surface area contributed by atoms with Gasteiger partial charge in [-0.3, -0.25) is 9.67 Å². The molecule has 0 aliphatic heterocycles. The first kappa shape index (κ1) is 15.0. The second-order valence-electron chi connectivity index (χ2n) is 5.00. The van der Waals surface area contributed by atoms with Gasteiger partial charge in [0.1, 0.15) is 0 Å². The summed E-state index contributed by atoms with van der Waals surface area (Å²) in [7, 11) is 3.68. The van der Waals surface area contributed by atoms with Crippen LogP contribution in [0.3, 0.4) is 0 Å². The average Bonchev–Trinajstić information content (AvgIpc) is 2.91. The quantitative estimate of drug-likeness (QED) is 0.869. The summed E-state index contributed by atoms with van der Waals surface area (Å²) in [6.07, 6.45) is 7.08. The SMILES string of the molecule is CN(CCc1ccccn1)C(=O)NCCc1cnn(C)c1. The minimum Gasteiger partial charge on any atom is -0.338 e. The summed E-state index contributed by atoms with van der Waals surface area (Å²) in [5, 5.41) is 7.01. The first-order chi connectivity index (χ1) is 10.1. The molecule has 0 aliphatic carbocycles. The largest absolute Gasteiger partial charge is 0.338 e. The predicted molar refractivity (Wildman–Crippen MR) is 80.9 cm³/mol. The third kappa shape index (κ3) is 4.91. The van der Waals surface area contributed by atoms with Crippen LogP contribution in [-0.4, -0.2) is 45.8 Å². The summed E-state index contributed by atoms with van der Waals surface area (Å²) in [6.45, 7) is 1.26. The third-order valence-corrected chi connectivity index (χ3v) is 3.22. The van der Waals surface area contributed by atoms with Crippen molar-refractivity contribution in [3.63, 3.8) is 0 Å². The lowest BCUT2D eigenvalue weighted by atomic mass is 10.2. The fourth-order valence-corrected chi connectivity index (χ4v) is 1.98. The molecule has 0 aromatic carbocycles. The van der Waals surface area contributed by atoms with Crippen LogP contribution in [0.1, 0.15) is 11.3 Å². The highest BCUT2D eigenvalue weighted by atomic mass is 16.2. The number of nitrogens with one attached hydrogen (secondary N) is 1. The second-order valence-corrected chi connectivity index (χ2v) is 5.00. The van der Waals surface area contributed by atoms with Gasteiger partial charge in [-0.05, 0) is 24.1 Å². The summed E-state index contributed by atoms with van der Waals surface area (Å²) in [6, 6.07) is 5.75. The van der Waals surface area contributed by atoms with E-state index in [1.54, 1.807) is 22.8 Å². The van der Waals surface area contributed by atoms with Crippen LogP contribution in [0.2, 0.25) is 0 Å². The van der Waals surface area contributed by atoms with E-state index in [2.05, 4.69) is 15.4 Å². The Hall–Kier alpha value is -2.37. The number of carbonyl (C=O) groups is 1. The summed E-state index contributed by atoms with van der Waals surface area (Å²) in [5.74, 6) is 0. The van der Waals surface area contributed by atoms with Crippen molar-refractivity contribution in [1.82, 2.24) is 25.0 Å². The zero-order valence-corrected chi connectivity index (χ0v) is 12.5. The number of hydrogen-bond acceptors (Lipinski definition) is 3. The van der Waals surface area contributed by atoms with Crippen molar-refractivity contribution in [1.29, 1.82) is 0 Å². The van der Waals surface area contributed by atoms with Crippen LogP contribution in [0.4, 0.5) is 4.79 Å². The Morgan fingerprint density at radius 2 is 2.24 bits per heavy atom. The van der Waals surface area contributed by atoms with E-state index in [4.69, 9.17) is 0 Å². The van der Waals surface area contributed by atoms with Crippen molar-refractivity contribution in [2.24, 2.45) is 7.05 Å². The molecule has 2 aromatic rings. The van der Waals surface area contributed by atoms with E-state index < -0.39 is 0 Å². The van der Waals surface area contributed by atoms with Crippen LogP contribution >= 0.6 is 0 Å². The Labute approximate surface area is 124 Å². The highest BCUT2D eigenvalue weighted by molar-refractivity contribution is 5.73. The van der Waals surface area contributed by atoms with Gasteiger partial charge in [-0.25, -0.2) is 4.79 Å². The molecule has 0 radical (unpaired) electrons. The molecule has 112 valence electrons. The maximum absolute atomic E-state index is 11.9. The van der Waals surface area contributed by atoms with Gasteiger partial charge in [0.15, 0.2) is 0 Å². The fourth-order valence-electron chi connectivity index (χ4n) is 1.98. The summed E-state index contributed by atoms with van der Waals surface area (Å²) in [5.41, 5.74) is 2.11. The van der Waals surface area contributed by atoms with Gasteiger partial charge in [-0.1, -0.05) is 6.07 Å². The van der Waals surface area contributed by atoms with Crippen LogP contribution in [-0.2, 0) is 19.9 Å². The maximum Gasteiger partial charge on any atom is 0.317 e. The van der Waals surface area contributed by atoms with Gasteiger partial charge in [0.25, 0.3) is 0 Å². The zero-order chi connectivity index (χ0) is 15.1. The standard InChI is InChI=1S/C15H21N5O/c1-19(10-7-14-5-3-4-8-16-14)15(21)17-9-6-13-11-18-20(2)12-13/h3-5,8,11-12H,6-7,9-10H2,1-2H3,(H,17,21). The van der Waals surface area contributed by atoms with Gasteiger partial charge in [-0.15, -0.1) is 0 Å². The first-order valence-electron chi connectivity index (χ1n) is 7.01. The first-order valence-corrected chi connectivity index (χ1v) is 7.01. The number of rotatable bonds is 6. The summed E-state index contributed by atoms with van der Waals surface area (Å²) in [4.78, 5) is 17.9. The normalized spacial score (nSPS) is 10.4. The molecule has 0 atom stereocenters. The highest BCUT2D eigenvalue weighted by Crippen LogP contribution is 1.98. The predicted octanol–water partition coefficient (Wildman–Crippen LogP) is 1.24. The molecule has 1 N–H and O–H groups in total. The van der Waals surface area contributed by atoms with E-state index in [-0.39, 0.29) is 6.03 Å². The van der Waals surface area contributed by atoms with E-state index in [0.717, 1.165) is 24.1 Å². The van der Waals surface area contributed by atoms with Crippen molar-refractivity contribution in [2.75, 3.05) is 20.1 Å². The van der Waals surface area contributed by atoms with Crippen molar-refractivity contribution < 1.29 is 4.79 Å². The molecule has 6 heteroatoms. The highest BCUT2D eigenvalue weighted by Gasteiger charge is 2.08. The van der Waals surface area contributed by atoms with Crippen LogP contribution < -0.4 is 5.32 Å². The number of amides is 2. The van der Waals surface area contributed by atoms with Crippen LogP contribution in [0.25, 0.3) is 0 Å². The smallest absolute Gasteiger partial charge is 0.317 e. The number of hydrogen-bond donors (Lipinski definition) is 1. The lowest BCUT2D eigenvalue weighted by Crippen LogP contribution is -2.39. The van der Waals surface area contributed by atoms with Gasteiger partial charge >= 0.3 is 6.03 Å². The van der Waals surface area contributed by atoms with E-state index in [9.17, 15) is 4.79 Å². The molecule has 0 unspecified atom stereocenters. The van der Waals surface area contributed by atoms with Gasteiger partial charge in [0.05, 0.1) is 6.20 Å². The molecular weight excluding hydrogens is 266 g/mol. The maximum atomic E-state index is 11.9. The lowest BCUT2D eigenvalue weighted by Gasteiger charge is -2.17. The molecule has 0 bridgehead atoms.